The molecule has 0 fully saturated rings. The van der Waals surface area contributed by atoms with Crippen LogP contribution >= 0.6 is 11.6 Å². The van der Waals surface area contributed by atoms with Gasteiger partial charge in [-0.25, -0.2) is 4.79 Å². The van der Waals surface area contributed by atoms with Crippen molar-refractivity contribution in [3.8, 4) is 0 Å². The van der Waals surface area contributed by atoms with Gasteiger partial charge in [0, 0.05) is 22.7 Å². The topological polar surface area (TPSA) is 79.2 Å². The van der Waals surface area contributed by atoms with Crippen LogP contribution in [0.5, 0.6) is 0 Å². The molecule has 7 heteroatoms. The highest BCUT2D eigenvalue weighted by atomic mass is 35.5. The van der Waals surface area contributed by atoms with Gasteiger partial charge in [0.15, 0.2) is 0 Å². The van der Waals surface area contributed by atoms with Gasteiger partial charge >= 0.3 is 5.97 Å². The summed E-state index contributed by atoms with van der Waals surface area (Å²) in [4.78, 5) is 24.4. The van der Waals surface area contributed by atoms with Gasteiger partial charge < -0.3 is 9.84 Å². The fourth-order valence-corrected chi connectivity index (χ4v) is 2.27. The molecule has 0 aromatic heterocycles. The van der Waals surface area contributed by atoms with Crippen molar-refractivity contribution < 1.29 is 19.4 Å². The highest BCUT2D eigenvalue weighted by Gasteiger charge is 2.51. The highest BCUT2D eigenvalue weighted by Crippen LogP contribution is 2.29. The smallest absolute Gasteiger partial charge is 0.362 e. The molecule has 1 aromatic rings. The molecule has 2 rings (SSSR count). The Hall–Kier alpha value is -1.92. The highest BCUT2D eigenvalue weighted by molar-refractivity contribution is 6.31. The van der Waals surface area contributed by atoms with E-state index in [0.29, 0.717) is 10.7 Å². The van der Waals surface area contributed by atoms with Crippen molar-refractivity contribution in [2.45, 2.75) is 26.0 Å². The molecule has 1 heterocycles. The fraction of sp³-hybridized carbons (Fsp3) is 0.357. The number of ether oxygens (including phenoxy) is 1. The van der Waals surface area contributed by atoms with Crippen LogP contribution in [0.25, 0.3) is 0 Å². The summed E-state index contributed by atoms with van der Waals surface area (Å²) < 4.78 is 4.83. The minimum atomic E-state index is -2.11. The summed E-state index contributed by atoms with van der Waals surface area (Å²) in [6.07, 6.45) is -0.0852. The quantitative estimate of drug-likeness (QED) is 0.864. The number of nitrogens with zero attached hydrogens (tertiary/aromatic N) is 2. The number of hydrazone groups is 1. The second-order valence-corrected chi connectivity index (χ2v) is 5.11. The molecule has 112 valence electrons. The average Bonchev–Trinajstić information content (AvgIpc) is 2.75. The molecule has 1 amide bonds. The van der Waals surface area contributed by atoms with Crippen LogP contribution in [0, 0.1) is 0 Å². The Morgan fingerprint density at radius 1 is 1.52 bits per heavy atom. The lowest BCUT2D eigenvalue weighted by molar-refractivity contribution is -0.179. The lowest BCUT2D eigenvalue weighted by Crippen LogP contribution is -2.53. The third kappa shape index (κ3) is 2.91. The molecular formula is C14H15ClN2O4. The maximum absolute atomic E-state index is 12.5. The standard InChI is InChI=1S/C14H15ClN2O4/c1-3-21-13(19)14(20)8-9(2)16-17(14)12(18)10-5-4-6-11(15)7-10/h4-7,20H,3,8H2,1-2H3/t14-/m0/s1. The zero-order valence-corrected chi connectivity index (χ0v) is 12.4. The molecule has 6 nitrogen and oxygen atoms in total. The number of halogens is 1. The van der Waals surface area contributed by atoms with Crippen LogP contribution in [0.1, 0.15) is 30.6 Å². The first-order valence-electron chi connectivity index (χ1n) is 6.42. The minimum Gasteiger partial charge on any atom is -0.462 e. The summed E-state index contributed by atoms with van der Waals surface area (Å²) in [7, 11) is 0. The van der Waals surface area contributed by atoms with Gasteiger partial charge in [-0.05, 0) is 32.0 Å². The average molecular weight is 311 g/mol. The number of esters is 1. The Morgan fingerprint density at radius 3 is 2.86 bits per heavy atom. The van der Waals surface area contributed by atoms with Crippen molar-refractivity contribution in [2.75, 3.05) is 6.61 Å². The van der Waals surface area contributed by atoms with Gasteiger partial charge in [0.05, 0.1) is 6.61 Å². The molecule has 0 saturated carbocycles. The van der Waals surface area contributed by atoms with E-state index in [2.05, 4.69) is 5.10 Å². The predicted octanol–water partition coefficient (Wildman–Crippen LogP) is 1.81. The molecule has 1 aliphatic heterocycles. The third-order valence-electron chi connectivity index (χ3n) is 2.99. The number of carbonyl (C=O) groups is 2. The second kappa shape index (κ2) is 5.83. The molecule has 1 atom stereocenters. The Bertz CT molecular complexity index is 617. The van der Waals surface area contributed by atoms with E-state index in [1.54, 1.807) is 26.0 Å². The van der Waals surface area contributed by atoms with Gasteiger partial charge in [-0.3, -0.25) is 4.79 Å². The first kappa shape index (κ1) is 15.5. The minimum absolute atomic E-state index is 0.0852. The lowest BCUT2D eigenvalue weighted by Gasteiger charge is -2.28. The van der Waals surface area contributed by atoms with E-state index < -0.39 is 17.6 Å². The monoisotopic (exact) mass is 310 g/mol. The molecule has 0 aliphatic carbocycles. The van der Waals surface area contributed by atoms with Crippen molar-refractivity contribution in [1.82, 2.24) is 5.01 Å². The normalized spacial score (nSPS) is 21.1. The van der Waals surface area contributed by atoms with Crippen LogP contribution in [0.2, 0.25) is 5.02 Å². The van der Waals surface area contributed by atoms with Crippen molar-refractivity contribution in [1.29, 1.82) is 0 Å². The van der Waals surface area contributed by atoms with Gasteiger partial charge in [0.2, 0.25) is 0 Å². The molecule has 1 aliphatic rings. The van der Waals surface area contributed by atoms with E-state index in [4.69, 9.17) is 16.3 Å². The summed E-state index contributed by atoms with van der Waals surface area (Å²) in [6, 6.07) is 6.20. The molecule has 21 heavy (non-hydrogen) atoms. The number of carbonyl (C=O) groups excluding carboxylic acids is 2. The van der Waals surface area contributed by atoms with Crippen LogP contribution in [0.4, 0.5) is 0 Å². The zero-order chi connectivity index (χ0) is 15.6. The number of amides is 1. The number of rotatable bonds is 3. The summed E-state index contributed by atoms with van der Waals surface area (Å²) >= 11 is 5.85. The molecule has 0 bridgehead atoms. The van der Waals surface area contributed by atoms with Crippen molar-refractivity contribution in [3.05, 3.63) is 34.9 Å². The molecule has 0 spiro atoms. The molecule has 1 aromatic carbocycles. The number of hydrogen-bond donors (Lipinski definition) is 1. The molecule has 0 unspecified atom stereocenters. The summed E-state index contributed by atoms with van der Waals surface area (Å²) in [5.41, 5.74) is -1.43. The molecule has 0 radical (unpaired) electrons. The first-order valence-corrected chi connectivity index (χ1v) is 6.80. The van der Waals surface area contributed by atoms with Crippen molar-refractivity contribution in [2.24, 2.45) is 5.10 Å². The lowest BCUT2D eigenvalue weighted by atomic mass is 10.1. The largest absolute Gasteiger partial charge is 0.462 e. The fourth-order valence-electron chi connectivity index (χ4n) is 2.08. The third-order valence-corrected chi connectivity index (χ3v) is 3.22. The van der Waals surface area contributed by atoms with Gasteiger partial charge in [-0.2, -0.15) is 10.1 Å². The molecule has 0 saturated heterocycles. The number of hydrogen-bond acceptors (Lipinski definition) is 5. The SMILES string of the molecule is CCOC(=O)[C@@]1(O)CC(C)=NN1C(=O)c1cccc(Cl)c1. The Kier molecular flexibility index (Phi) is 4.29. The summed E-state index contributed by atoms with van der Waals surface area (Å²) in [6.45, 7) is 3.34. The van der Waals surface area contributed by atoms with Gasteiger partial charge in [0.25, 0.3) is 11.6 Å². The van der Waals surface area contributed by atoms with Crippen molar-refractivity contribution >= 4 is 29.2 Å². The predicted molar refractivity (Wildman–Crippen MR) is 76.9 cm³/mol. The van der Waals surface area contributed by atoms with E-state index in [9.17, 15) is 14.7 Å². The van der Waals surface area contributed by atoms with E-state index in [0.717, 1.165) is 5.01 Å². The number of aliphatic hydroxyl groups is 1. The summed E-state index contributed by atoms with van der Waals surface area (Å²) in [5.74, 6) is -1.52. The second-order valence-electron chi connectivity index (χ2n) is 4.68. The summed E-state index contributed by atoms with van der Waals surface area (Å²) in [5, 5.41) is 15.6. The van der Waals surface area contributed by atoms with E-state index in [1.807, 2.05) is 0 Å². The first-order chi connectivity index (χ1) is 9.88. The van der Waals surface area contributed by atoms with Crippen LogP contribution < -0.4 is 0 Å². The zero-order valence-electron chi connectivity index (χ0n) is 11.7. The van der Waals surface area contributed by atoms with Crippen LogP contribution in [-0.4, -0.2) is 40.0 Å². The van der Waals surface area contributed by atoms with Crippen LogP contribution in [-0.2, 0) is 9.53 Å². The maximum atomic E-state index is 12.5. The maximum Gasteiger partial charge on any atom is 0.362 e. The van der Waals surface area contributed by atoms with Crippen molar-refractivity contribution in [3.63, 3.8) is 0 Å². The van der Waals surface area contributed by atoms with Gasteiger partial charge in [-0.1, -0.05) is 17.7 Å². The van der Waals surface area contributed by atoms with Gasteiger partial charge in [-0.15, -0.1) is 0 Å². The van der Waals surface area contributed by atoms with Gasteiger partial charge in [0.1, 0.15) is 0 Å². The van der Waals surface area contributed by atoms with E-state index >= 15 is 0 Å². The Morgan fingerprint density at radius 2 is 2.24 bits per heavy atom. The molecular weight excluding hydrogens is 296 g/mol. The number of benzene rings is 1. The van der Waals surface area contributed by atoms with Crippen LogP contribution in [0.15, 0.2) is 29.4 Å². The Balaban J connectivity index is 2.35. The van der Waals surface area contributed by atoms with E-state index in [-0.39, 0.29) is 18.6 Å². The Labute approximate surface area is 127 Å². The van der Waals surface area contributed by atoms with Crippen LogP contribution in [0.3, 0.4) is 0 Å². The van der Waals surface area contributed by atoms with E-state index in [1.165, 1.54) is 12.1 Å². The molecule has 1 N–H and O–H groups in total.